The number of nitrogens with one attached hydrogen (secondary N) is 1. The van der Waals surface area contributed by atoms with Crippen LogP contribution in [0.15, 0.2) is 12.4 Å². The van der Waals surface area contributed by atoms with Crippen LogP contribution in [-0.2, 0) is 4.74 Å². The molecule has 0 saturated carbocycles. The summed E-state index contributed by atoms with van der Waals surface area (Å²) in [7, 11) is 0. The van der Waals surface area contributed by atoms with Crippen molar-refractivity contribution in [3.8, 4) is 0 Å². The number of hydrogen-bond donors (Lipinski definition) is 1. The number of anilines is 1. The first-order valence-corrected chi connectivity index (χ1v) is 4.64. The van der Waals surface area contributed by atoms with Gasteiger partial charge in [0.1, 0.15) is 0 Å². The fourth-order valence-corrected chi connectivity index (χ4v) is 1.25. The van der Waals surface area contributed by atoms with Crippen LogP contribution in [0.1, 0.15) is 19.9 Å². The van der Waals surface area contributed by atoms with Crippen molar-refractivity contribution in [3.05, 3.63) is 12.4 Å². The molecule has 13 heavy (non-hydrogen) atoms. The normalized spacial score (nSPS) is 17.5. The average molecular weight is 181 g/mol. The summed E-state index contributed by atoms with van der Waals surface area (Å²) in [5.41, 5.74) is 1.09. The molecule has 2 heterocycles. The Hall–Kier alpha value is -1.03. The van der Waals surface area contributed by atoms with Crippen molar-refractivity contribution < 1.29 is 4.74 Å². The first-order valence-electron chi connectivity index (χ1n) is 4.64. The van der Waals surface area contributed by atoms with E-state index in [-0.39, 0.29) is 0 Å². The van der Waals surface area contributed by atoms with Gasteiger partial charge in [0.15, 0.2) is 0 Å². The standard InChI is InChI=1S/C9H15N3O/c1-7(2)12-4-8(3-10-12)11-9-5-13-6-9/h3-4,7,9,11H,5-6H2,1-2H3. The summed E-state index contributed by atoms with van der Waals surface area (Å²) < 4.78 is 7.02. The lowest BCUT2D eigenvalue weighted by atomic mass is 10.2. The van der Waals surface area contributed by atoms with Gasteiger partial charge in [-0.05, 0) is 13.8 Å². The number of hydrogen-bond acceptors (Lipinski definition) is 3. The Morgan fingerprint density at radius 3 is 2.85 bits per heavy atom. The topological polar surface area (TPSA) is 39.1 Å². The first-order chi connectivity index (χ1) is 6.25. The summed E-state index contributed by atoms with van der Waals surface area (Å²) >= 11 is 0. The van der Waals surface area contributed by atoms with Crippen LogP contribution >= 0.6 is 0 Å². The minimum atomic E-state index is 0.424. The molecule has 4 heteroatoms. The van der Waals surface area contributed by atoms with Crippen molar-refractivity contribution >= 4 is 5.69 Å². The summed E-state index contributed by atoms with van der Waals surface area (Å²) in [6.45, 7) is 5.85. The Bertz CT molecular complexity index is 278. The Labute approximate surface area is 77.9 Å². The van der Waals surface area contributed by atoms with Crippen molar-refractivity contribution in [3.63, 3.8) is 0 Å². The van der Waals surface area contributed by atoms with Crippen LogP contribution in [0.2, 0.25) is 0 Å². The highest BCUT2D eigenvalue weighted by Crippen LogP contribution is 2.13. The largest absolute Gasteiger partial charge is 0.377 e. The minimum absolute atomic E-state index is 0.424. The highest BCUT2D eigenvalue weighted by molar-refractivity contribution is 5.39. The monoisotopic (exact) mass is 181 g/mol. The lowest BCUT2D eigenvalue weighted by molar-refractivity contribution is 0.0211. The van der Waals surface area contributed by atoms with Crippen LogP contribution in [0.5, 0.6) is 0 Å². The highest BCUT2D eigenvalue weighted by Gasteiger charge is 2.18. The molecule has 0 unspecified atom stereocenters. The Kier molecular flexibility index (Phi) is 2.22. The molecule has 1 aromatic rings. The van der Waals surface area contributed by atoms with Gasteiger partial charge in [-0.1, -0.05) is 0 Å². The zero-order valence-corrected chi connectivity index (χ0v) is 8.03. The van der Waals surface area contributed by atoms with Gasteiger partial charge in [0, 0.05) is 12.2 Å². The lowest BCUT2D eigenvalue weighted by Crippen LogP contribution is -2.40. The molecule has 0 atom stereocenters. The number of ether oxygens (including phenoxy) is 1. The molecule has 0 radical (unpaired) electrons. The maximum absolute atomic E-state index is 5.07. The van der Waals surface area contributed by atoms with Gasteiger partial charge in [-0.2, -0.15) is 5.10 Å². The second-order valence-corrected chi connectivity index (χ2v) is 3.68. The molecule has 4 nitrogen and oxygen atoms in total. The van der Waals surface area contributed by atoms with E-state index in [0.29, 0.717) is 12.1 Å². The molecule has 1 aliphatic rings. The van der Waals surface area contributed by atoms with E-state index >= 15 is 0 Å². The molecule has 0 aliphatic carbocycles. The summed E-state index contributed by atoms with van der Waals surface area (Å²) in [5.74, 6) is 0. The molecular weight excluding hydrogens is 166 g/mol. The third-order valence-corrected chi connectivity index (χ3v) is 2.14. The third kappa shape index (κ3) is 1.83. The van der Waals surface area contributed by atoms with Gasteiger partial charge in [0.05, 0.1) is 31.1 Å². The predicted octanol–water partition coefficient (Wildman–Crippen LogP) is 1.27. The van der Waals surface area contributed by atoms with Crippen LogP contribution in [0.4, 0.5) is 5.69 Å². The van der Waals surface area contributed by atoms with Crippen LogP contribution in [-0.4, -0.2) is 29.0 Å². The lowest BCUT2D eigenvalue weighted by Gasteiger charge is -2.26. The minimum Gasteiger partial charge on any atom is -0.377 e. The molecule has 0 spiro atoms. The molecular formula is C9H15N3O. The van der Waals surface area contributed by atoms with Gasteiger partial charge in [0.25, 0.3) is 0 Å². The summed E-state index contributed by atoms with van der Waals surface area (Å²) in [4.78, 5) is 0. The molecule has 0 aromatic carbocycles. The Morgan fingerprint density at radius 2 is 2.38 bits per heavy atom. The van der Waals surface area contributed by atoms with Gasteiger partial charge in [0.2, 0.25) is 0 Å². The predicted molar refractivity (Wildman–Crippen MR) is 50.8 cm³/mol. The van der Waals surface area contributed by atoms with E-state index in [9.17, 15) is 0 Å². The van der Waals surface area contributed by atoms with E-state index in [1.165, 1.54) is 0 Å². The van der Waals surface area contributed by atoms with Crippen molar-refractivity contribution in [2.75, 3.05) is 18.5 Å². The first kappa shape index (κ1) is 8.56. The maximum atomic E-state index is 5.07. The van der Waals surface area contributed by atoms with E-state index in [4.69, 9.17) is 4.74 Å². The van der Waals surface area contributed by atoms with Crippen molar-refractivity contribution in [1.29, 1.82) is 0 Å². The van der Waals surface area contributed by atoms with Crippen LogP contribution < -0.4 is 5.32 Å². The molecule has 1 fully saturated rings. The molecule has 1 aliphatic heterocycles. The van der Waals surface area contributed by atoms with Gasteiger partial charge < -0.3 is 10.1 Å². The maximum Gasteiger partial charge on any atom is 0.0730 e. The fourth-order valence-electron chi connectivity index (χ4n) is 1.25. The van der Waals surface area contributed by atoms with Gasteiger partial charge in [-0.25, -0.2) is 0 Å². The summed E-state index contributed by atoms with van der Waals surface area (Å²) in [6, 6.07) is 0.901. The Balaban J connectivity index is 1.96. The summed E-state index contributed by atoms with van der Waals surface area (Å²) in [5, 5.41) is 7.59. The SMILES string of the molecule is CC(C)n1cc(NC2COC2)cn1. The van der Waals surface area contributed by atoms with Crippen LogP contribution in [0.25, 0.3) is 0 Å². The number of nitrogens with zero attached hydrogens (tertiary/aromatic N) is 2. The van der Waals surface area contributed by atoms with E-state index in [2.05, 4.69) is 24.3 Å². The van der Waals surface area contributed by atoms with Gasteiger partial charge in [-0.3, -0.25) is 4.68 Å². The zero-order valence-electron chi connectivity index (χ0n) is 8.03. The van der Waals surface area contributed by atoms with E-state index < -0.39 is 0 Å². The molecule has 2 rings (SSSR count). The highest BCUT2D eigenvalue weighted by atomic mass is 16.5. The number of aromatic nitrogens is 2. The quantitative estimate of drug-likeness (QED) is 0.763. The van der Waals surface area contributed by atoms with E-state index in [1.54, 1.807) is 0 Å². The number of rotatable bonds is 3. The molecule has 0 bridgehead atoms. The molecule has 0 amide bonds. The molecule has 1 aromatic heterocycles. The second kappa shape index (κ2) is 3.38. The van der Waals surface area contributed by atoms with Gasteiger partial charge >= 0.3 is 0 Å². The van der Waals surface area contributed by atoms with E-state index in [1.807, 2.05) is 17.1 Å². The smallest absolute Gasteiger partial charge is 0.0730 e. The zero-order chi connectivity index (χ0) is 9.26. The van der Waals surface area contributed by atoms with Crippen LogP contribution in [0.3, 0.4) is 0 Å². The van der Waals surface area contributed by atoms with Crippen molar-refractivity contribution in [2.45, 2.75) is 25.9 Å². The third-order valence-electron chi connectivity index (χ3n) is 2.14. The fraction of sp³-hybridized carbons (Fsp3) is 0.667. The van der Waals surface area contributed by atoms with Crippen molar-refractivity contribution in [2.24, 2.45) is 0 Å². The Morgan fingerprint density at radius 1 is 1.62 bits per heavy atom. The molecule has 72 valence electrons. The van der Waals surface area contributed by atoms with E-state index in [0.717, 1.165) is 18.9 Å². The summed E-state index contributed by atoms with van der Waals surface area (Å²) in [6.07, 6.45) is 3.89. The average Bonchev–Trinajstić information content (AvgIpc) is 2.44. The molecule has 1 saturated heterocycles. The molecule has 1 N–H and O–H groups in total. The van der Waals surface area contributed by atoms with Gasteiger partial charge in [-0.15, -0.1) is 0 Å². The van der Waals surface area contributed by atoms with Crippen molar-refractivity contribution in [1.82, 2.24) is 9.78 Å². The second-order valence-electron chi connectivity index (χ2n) is 3.68. The van der Waals surface area contributed by atoms with Crippen LogP contribution in [0, 0.1) is 0 Å².